The van der Waals surface area contributed by atoms with Crippen LogP contribution in [0.4, 0.5) is 0 Å². The van der Waals surface area contributed by atoms with Crippen molar-refractivity contribution in [2.75, 3.05) is 0 Å². The van der Waals surface area contributed by atoms with E-state index in [4.69, 9.17) is 9.47 Å². The molecular formula is C39H36O2. The Morgan fingerprint density at radius 3 is 1.29 bits per heavy atom. The zero-order valence-electron chi connectivity index (χ0n) is 24.7. The molecule has 0 fully saturated rings. The smallest absolute Gasteiger partial charge is 0.267 e. The van der Waals surface area contributed by atoms with E-state index in [1.54, 1.807) is 0 Å². The molecule has 0 atom stereocenters. The van der Waals surface area contributed by atoms with Gasteiger partial charge in [-0.15, -0.1) is 0 Å². The predicted molar refractivity (Wildman–Crippen MR) is 168 cm³/mol. The monoisotopic (exact) mass is 536 g/mol. The molecule has 0 unspecified atom stereocenters. The number of benzene rings is 5. The summed E-state index contributed by atoms with van der Waals surface area (Å²) in [6, 6.07) is 36.7. The average Bonchev–Trinajstić information content (AvgIpc) is 3.31. The molecule has 7 rings (SSSR count). The average molecular weight is 537 g/mol. The third-order valence-corrected chi connectivity index (χ3v) is 9.16. The van der Waals surface area contributed by atoms with Gasteiger partial charge in [0.15, 0.2) is 0 Å². The Kier molecular flexibility index (Phi) is 5.70. The van der Waals surface area contributed by atoms with E-state index in [1.165, 1.54) is 55.6 Å². The Balaban J connectivity index is 1.23. The van der Waals surface area contributed by atoms with E-state index >= 15 is 0 Å². The fourth-order valence-corrected chi connectivity index (χ4v) is 6.83. The van der Waals surface area contributed by atoms with Gasteiger partial charge in [-0.05, 0) is 82.6 Å². The van der Waals surface area contributed by atoms with Crippen LogP contribution in [-0.2, 0) is 10.8 Å². The minimum Gasteiger partial charge on any atom is -0.451 e. The van der Waals surface area contributed by atoms with Crippen molar-refractivity contribution in [1.29, 1.82) is 0 Å². The molecule has 5 aromatic carbocycles. The molecule has 0 N–H and O–H groups in total. The SMILES string of the molecule is Cc1ccc2c(c1)C(C)(C)c1cc(OC(Oc3ccc4c(c3)C(C)(C)c3cc(C)ccc3-4)c3ccccc3)ccc1-2. The summed E-state index contributed by atoms with van der Waals surface area (Å²) in [5.41, 5.74) is 13.9. The van der Waals surface area contributed by atoms with Gasteiger partial charge in [0, 0.05) is 16.4 Å². The molecule has 0 saturated heterocycles. The highest BCUT2D eigenvalue weighted by Gasteiger charge is 2.37. The maximum atomic E-state index is 6.67. The Hall–Kier alpha value is -4.30. The van der Waals surface area contributed by atoms with E-state index < -0.39 is 6.29 Å². The van der Waals surface area contributed by atoms with E-state index in [2.05, 4.69) is 126 Å². The van der Waals surface area contributed by atoms with Crippen LogP contribution >= 0.6 is 0 Å². The molecule has 0 heterocycles. The van der Waals surface area contributed by atoms with Crippen molar-refractivity contribution in [2.45, 2.75) is 58.7 Å². The summed E-state index contributed by atoms with van der Waals surface area (Å²) in [6.07, 6.45) is -0.587. The lowest BCUT2D eigenvalue weighted by Gasteiger charge is -2.25. The first-order valence-corrected chi connectivity index (χ1v) is 14.5. The minimum atomic E-state index is -0.587. The summed E-state index contributed by atoms with van der Waals surface area (Å²) >= 11 is 0. The minimum absolute atomic E-state index is 0.0991. The van der Waals surface area contributed by atoms with E-state index in [1.807, 2.05) is 18.2 Å². The quantitative estimate of drug-likeness (QED) is 0.208. The lowest BCUT2D eigenvalue weighted by molar-refractivity contribution is 0.00366. The standard InChI is InChI=1S/C39H36O2/c1-24-12-16-29-31-18-14-27(22-35(31)38(3,4)33(29)20-24)40-37(26-10-8-7-9-11-26)41-28-15-19-32-30-17-13-25(2)21-34(30)39(5,6)36(32)23-28/h7-23,37H,1-6H3. The molecule has 2 heteroatoms. The van der Waals surface area contributed by atoms with Crippen LogP contribution in [0.15, 0.2) is 103 Å². The zero-order valence-corrected chi connectivity index (χ0v) is 24.7. The topological polar surface area (TPSA) is 18.5 Å². The van der Waals surface area contributed by atoms with Crippen LogP contribution in [0.2, 0.25) is 0 Å². The number of aryl methyl sites for hydroxylation is 2. The van der Waals surface area contributed by atoms with Crippen LogP contribution in [0, 0.1) is 13.8 Å². The summed E-state index contributed by atoms with van der Waals surface area (Å²) in [7, 11) is 0. The Bertz CT molecular complexity index is 1690. The van der Waals surface area contributed by atoms with Crippen molar-refractivity contribution >= 4 is 0 Å². The highest BCUT2D eigenvalue weighted by atomic mass is 16.7. The molecule has 2 aliphatic carbocycles. The summed E-state index contributed by atoms with van der Waals surface area (Å²) in [4.78, 5) is 0. The van der Waals surface area contributed by atoms with Crippen molar-refractivity contribution in [3.8, 4) is 33.8 Å². The van der Waals surface area contributed by atoms with E-state index in [9.17, 15) is 0 Å². The van der Waals surface area contributed by atoms with E-state index in [0.717, 1.165) is 17.1 Å². The van der Waals surface area contributed by atoms with Crippen LogP contribution in [0.3, 0.4) is 0 Å². The van der Waals surface area contributed by atoms with Gasteiger partial charge in [-0.25, -0.2) is 0 Å². The third-order valence-electron chi connectivity index (χ3n) is 9.16. The van der Waals surface area contributed by atoms with Crippen LogP contribution in [0.25, 0.3) is 22.3 Å². The lowest BCUT2D eigenvalue weighted by atomic mass is 9.82. The van der Waals surface area contributed by atoms with Crippen LogP contribution in [-0.4, -0.2) is 0 Å². The predicted octanol–water partition coefficient (Wildman–Crippen LogP) is 10.1. The van der Waals surface area contributed by atoms with Crippen molar-refractivity contribution < 1.29 is 9.47 Å². The molecule has 0 bridgehead atoms. The zero-order chi connectivity index (χ0) is 28.5. The van der Waals surface area contributed by atoms with E-state index in [-0.39, 0.29) is 10.8 Å². The molecule has 0 spiro atoms. The van der Waals surface area contributed by atoms with Gasteiger partial charge in [0.25, 0.3) is 6.29 Å². The summed E-state index contributed by atoms with van der Waals surface area (Å²) < 4.78 is 13.3. The normalized spacial score (nSPS) is 15.2. The Labute approximate surface area is 243 Å². The molecule has 0 aromatic heterocycles. The van der Waals surface area contributed by atoms with Gasteiger partial charge < -0.3 is 9.47 Å². The first-order valence-electron chi connectivity index (χ1n) is 14.5. The second kappa shape index (κ2) is 9.11. The summed E-state index contributed by atoms with van der Waals surface area (Å²) in [5, 5.41) is 0. The number of fused-ring (bicyclic) bond motifs is 6. The first-order chi connectivity index (χ1) is 19.6. The van der Waals surface area contributed by atoms with Gasteiger partial charge >= 0.3 is 0 Å². The van der Waals surface area contributed by atoms with E-state index in [0.29, 0.717) is 0 Å². The molecule has 204 valence electrons. The number of hydrogen-bond donors (Lipinski definition) is 0. The lowest BCUT2D eigenvalue weighted by Crippen LogP contribution is -2.18. The molecule has 0 aliphatic heterocycles. The fourth-order valence-electron chi connectivity index (χ4n) is 6.83. The van der Waals surface area contributed by atoms with Crippen LogP contribution < -0.4 is 9.47 Å². The number of ether oxygens (including phenoxy) is 2. The molecule has 41 heavy (non-hydrogen) atoms. The van der Waals surface area contributed by atoms with Crippen molar-refractivity contribution in [1.82, 2.24) is 0 Å². The number of rotatable bonds is 5. The maximum absolute atomic E-state index is 6.67. The molecular weight excluding hydrogens is 500 g/mol. The van der Waals surface area contributed by atoms with Crippen molar-refractivity contribution in [2.24, 2.45) is 0 Å². The second-order valence-electron chi connectivity index (χ2n) is 12.7. The van der Waals surface area contributed by atoms with Crippen LogP contribution in [0.5, 0.6) is 11.5 Å². The molecule has 0 radical (unpaired) electrons. The van der Waals surface area contributed by atoms with Gasteiger partial charge in [0.2, 0.25) is 0 Å². The maximum Gasteiger partial charge on any atom is 0.267 e. The van der Waals surface area contributed by atoms with Gasteiger partial charge in [-0.1, -0.05) is 118 Å². The second-order valence-corrected chi connectivity index (χ2v) is 12.7. The highest BCUT2D eigenvalue weighted by Crippen LogP contribution is 2.51. The summed E-state index contributed by atoms with van der Waals surface area (Å²) in [6.45, 7) is 13.5. The largest absolute Gasteiger partial charge is 0.451 e. The number of hydrogen-bond acceptors (Lipinski definition) is 2. The van der Waals surface area contributed by atoms with Gasteiger partial charge in [0.1, 0.15) is 11.5 Å². The molecule has 0 amide bonds. The summed E-state index contributed by atoms with van der Waals surface area (Å²) in [5.74, 6) is 1.61. The molecule has 5 aromatic rings. The van der Waals surface area contributed by atoms with Crippen molar-refractivity contribution in [3.63, 3.8) is 0 Å². The van der Waals surface area contributed by atoms with Gasteiger partial charge in [-0.3, -0.25) is 0 Å². The van der Waals surface area contributed by atoms with Gasteiger partial charge in [-0.2, -0.15) is 0 Å². The first kappa shape index (κ1) is 25.7. The van der Waals surface area contributed by atoms with Gasteiger partial charge in [0.05, 0.1) is 0 Å². The highest BCUT2D eigenvalue weighted by molar-refractivity contribution is 5.82. The molecule has 2 nitrogen and oxygen atoms in total. The Morgan fingerprint density at radius 2 is 0.854 bits per heavy atom. The fraction of sp³-hybridized carbons (Fsp3) is 0.231. The third kappa shape index (κ3) is 4.08. The van der Waals surface area contributed by atoms with Crippen molar-refractivity contribution in [3.05, 3.63) is 142 Å². The molecule has 2 aliphatic rings. The van der Waals surface area contributed by atoms with Crippen LogP contribution in [0.1, 0.15) is 72.9 Å². The Morgan fingerprint density at radius 1 is 0.463 bits per heavy atom. The molecule has 0 saturated carbocycles.